The van der Waals surface area contributed by atoms with Gasteiger partial charge in [0, 0.05) is 28.7 Å². The van der Waals surface area contributed by atoms with Crippen molar-refractivity contribution in [3.63, 3.8) is 0 Å². The molecule has 2 unspecified atom stereocenters. The van der Waals surface area contributed by atoms with Crippen molar-refractivity contribution < 1.29 is 13.5 Å². The summed E-state index contributed by atoms with van der Waals surface area (Å²) in [6.45, 7) is 1.01. The molecule has 7 heteroatoms. The van der Waals surface area contributed by atoms with Crippen molar-refractivity contribution in [1.82, 2.24) is 4.31 Å². The number of hydrogen-bond acceptors (Lipinski definition) is 3. The molecule has 0 saturated carbocycles. The average Bonchev–Trinajstić information content (AvgIpc) is 2.41. The van der Waals surface area contributed by atoms with E-state index in [1.165, 1.54) is 10.6 Å². The van der Waals surface area contributed by atoms with Crippen LogP contribution in [0.3, 0.4) is 0 Å². The van der Waals surface area contributed by atoms with Crippen molar-refractivity contribution in [3.05, 3.63) is 33.8 Å². The number of sulfonamides is 1. The summed E-state index contributed by atoms with van der Waals surface area (Å²) in [6, 6.07) is 4.99. The van der Waals surface area contributed by atoms with E-state index in [2.05, 4.69) is 0 Å². The molecule has 0 spiro atoms. The fourth-order valence-electron chi connectivity index (χ4n) is 2.73. The molecule has 21 heavy (non-hydrogen) atoms. The van der Waals surface area contributed by atoms with E-state index in [9.17, 15) is 13.5 Å². The Kier molecular flexibility index (Phi) is 5.54. The summed E-state index contributed by atoms with van der Waals surface area (Å²) in [4.78, 5) is 0. The molecule has 0 radical (unpaired) electrons. The van der Waals surface area contributed by atoms with Crippen LogP contribution in [0.1, 0.15) is 30.9 Å². The van der Waals surface area contributed by atoms with Crippen LogP contribution in [0.25, 0.3) is 0 Å². The lowest BCUT2D eigenvalue weighted by Crippen LogP contribution is -2.39. The van der Waals surface area contributed by atoms with Gasteiger partial charge in [-0.1, -0.05) is 23.2 Å². The number of piperidine rings is 1. The predicted molar refractivity (Wildman–Crippen MR) is 85.2 cm³/mol. The molecule has 1 N–H and O–H groups in total. The third-order valence-electron chi connectivity index (χ3n) is 3.82. The van der Waals surface area contributed by atoms with Crippen LogP contribution in [0.15, 0.2) is 18.2 Å². The summed E-state index contributed by atoms with van der Waals surface area (Å²) in [5.41, 5.74) is 0.598. The van der Waals surface area contributed by atoms with Gasteiger partial charge in [0.05, 0.1) is 12.4 Å². The Bertz CT molecular complexity index is 606. The Balaban J connectivity index is 2.05. The molecule has 1 aromatic carbocycles. The van der Waals surface area contributed by atoms with E-state index >= 15 is 0 Å². The molecule has 1 saturated heterocycles. The first-order valence-electron chi connectivity index (χ1n) is 6.85. The van der Waals surface area contributed by atoms with E-state index in [0.717, 1.165) is 12.8 Å². The number of aliphatic hydroxyl groups excluding tert-OH is 1. The minimum Gasteiger partial charge on any atom is -0.388 e. The molecule has 1 aromatic rings. The molecular formula is C14H19Cl2NO3S. The maximum absolute atomic E-state index is 11.6. The van der Waals surface area contributed by atoms with Gasteiger partial charge >= 0.3 is 0 Å². The molecule has 1 aliphatic rings. The summed E-state index contributed by atoms with van der Waals surface area (Å²) >= 11 is 12.0. The first-order valence-corrected chi connectivity index (χ1v) is 9.46. The van der Waals surface area contributed by atoms with Gasteiger partial charge in [0.25, 0.3) is 0 Å². The van der Waals surface area contributed by atoms with E-state index in [1.54, 1.807) is 18.2 Å². The predicted octanol–water partition coefficient (Wildman–Crippen LogP) is 3.09. The molecule has 0 aliphatic carbocycles. The lowest BCUT2D eigenvalue weighted by Gasteiger charge is -2.32. The number of aliphatic hydroxyl groups is 1. The summed E-state index contributed by atoms with van der Waals surface area (Å²) in [5.74, 6) is 0.124. The Hall–Kier alpha value is -0.330. The van der Waals surface area contributed by atoms with Gasteiger partial charge in [0.1, 0.15) is 0 Å². The molecule has 2 atom stereocenters. The second kappa shape index (κ2) is 6.84. The lowest BCUT2D eigenvalue weighted by atomic mass is 9.91. The summed E-state index contributed by atoms with van der Waals surface area (Å²) in [5, 5.41) is 11.4. The second-order valence-electron chi connectivity index (χ2n) is 5.55. The second-order valence-corrected chi connectivity index (χ2v) is 8.37. The minimum atomic E-state index is -3.17. The van der Waals surface area contributed by atoms with Crippen molar-refractivity contribution in [3.8, 4) is 0 Å². The van der Waals surface area contributed by atoms with Gasteiger partial charge in [0.15, 0.2) is 0 Å². The largest absolute Gasteiger partial charge is 0.388 e. The van der Waals surface area contributed by atoms with Crippen LogP contribution in [0.4, 0.5) is 0 Å². The minimum absolute atomic E-state index is 0.124. The van der Waals surface area contributed by atoms with Crippen LogP contribution in [0.2, 0.25) is 10.0 Å². The number of nitrogens with zero attached hydrogens (tertiary/aromatic N) is 1. The fraction of sp³-hybridized carbons (Fsp3) is 0.571. The van der Waals surface area contributed by atoms with Crippen LogP contribution in [0, 0.1) is 5.92 Å². The van der Waals surface area contributed by atoms with E-state index in [4.69, 9.17) is 23.2 Å². The molecule has 2 rings (SSSR count). The summed E-state index contributed by atoms with van der Waals surface area (Å²) < 4.78 is 24.7. The molecule has 0 bridgehead atoms. The maximum Gasteiger partial charge on any atom is 0.211 e. The summed E-state index contributed by atoms with van der Waals surface area (Å²) in [7, 11) is -3.17. The molecule has 1 heterocycles. The van der Waals surface area contributed by atoms with Crippen LogP contribution < -0.4 is 0 Å². The molecule has 1 aliphatic heterocycles. The zero-order valence-electron chi connectivity index (χ0n) is 11.8. The number of halogens is 2. The zero-order chi connectivity index (χ0) is 15.6. The van der Waals surface area contributed by atoms with Gasteiger partial charge in [-0.05, 0) is 43.4 Å². The van der Waals surface area contributed by atoms with Crippen molar-refractivity contribution in [2.24, 2.45) is 5.92 Å². The van der Waals surface area contributed by atoms with Crippen molar-refractivity contribution in [1.29, 1.82) is 0 Å². The van der Waals surface area contributed by atoms with Crippen LogP contribution in [-0.4, -0.2) is 37.2 Å². The van der Waals surface area contributed by atoms with E-state index in [0.29, 0.717) is 35.1 Å². The fourth-order valence-corrected chi connectivity index (χ4v) is 4.10. The zero-order valence-corrected chi connectivity index (χ0v) is 14.1. The van der Waals surface area contributed by atoms with Crippen LogP contribution in [-0.2, 0) is 10.0 Å². The van der Waals surface area contributed by atoms with Gasteiger partial charge < -0.3 is 5.11 Å². The van der Waals surface area contributed by atoms with Crippen molar-refractivity contribution in [2.75, 3.05) is 19.3 Å². The highest BCUT2D eigenvalue weighted by molar-refractivity contribution is 7.88. The van der Waals surface area contributed by atoms with Gasteiger partial charge in [-0.3, -0.25) is 0 Å². The summed E-state index contributed by atoms with van der Waals surface area (Å²) in [6.07, 6.45) is 2.68. The van der Waals surface area contributed by atoms with E-state index in [-0.39, 0.29) is 5.92 Å². The first kappa shape index (κ1) is 17.0. The first-order chi connectivity index (χ1) is 9.77. The van der Waals surface area contributed by atoms with Crippen molar-refractivity contribution in [2.45, 2.75) is 25.4 Å². The Morgan fingerprint density at radius 2 is 2.14 bits per heavy atom. The highest BCUT2D eigenvalue weighted by atomic mass is 35.5. The smallest absolute Gasteiger partial charge is 0.211 e. The standard InChI is InChI=1S/C14H19Cl2NO3S/c1-21(19,20)17-6-2-3-10(9-17)7-14(18)12-8-11(15)4-5-13(12)16/h4-5,8,10,14,18H,2-3,6-7,9H2,1H3. The Labute approximate surface area is 135 Å². The Morgan fingerprint density at radius 3 is 2.81 bits per heavy atom. The quantitative estimate of drug-likeness (QED) is 0.906. The van der Waals surface area contributed by atoms with Gasteiger partial charge in [-0.15, -0.1) is 0 Å². The monoisotopic (exact) mass is 351 g/mol. The molecule has 0 amide bonds. The highest BCUT2D eigenvalue weighted by Crippen LogP contribution is 2.33. The maximum atomic E-state index is 11.6. The normalized spacial score (nSPS) is 22.2. The molecule has 118 valence electrons. The third-order valence-corrected chi connectivity index (χ3v) is 5.67. The van der Waals surface area contributed by atoms with E-state index < -0.39 is 16.1 Å². The van der Waals surface area contributed by atoms with Gasteiger partial charge in [-0.25, -0.2) is 12.7 Å². The van der Waals surface area contributed by atoms with Crippen LogP contribution >= 0.6 is 23.2 Å². The highest BCUT2D eigenvalue weighted by Gasteiger charge is 2.28. The topological polar surface area (TPSA) is 57.6 Å². The van der Waals surface area contributed by atoms with Gasteiger partial charge in [0.2, 0.25) is 10.0 Å². The lowest BCUT2D eigenvalue weighted by molar-refractivity contribution is 0.123. The average molecular weight is 352 g/mol. The molecule has 4 nitrogen and oxygen atoms in total. The van der Waals surface area contributed by atoms with Crippen LogP contribution in [0.5, 0.6) is 0 Å². The SMILES string of the molecule is CS(=O)(=O)N1CCCC(CC(O)c2cc(Cl)ccc2Cl)C1. The molecular weight excluding hydrogens is 333 g/mol. The van der Waals surface area contributed by atoms with E-state index in [1.807, 2.05) is 0 Å². The number of hydrogen-bond donors (Lipinski definition) is 1. The number of benzene rings is 1. The number of rotatable bonds is 4. The van der Waals surface area contributed by atoms with Crippen molar-refractivity contribution >= 4 is 33.2 Å². The van der Waals surface area contributed by atoms with Gasteiger partial charge in [-0.2, -0.15) is 0 Å². The molecule has 1 fully saturated rings. The molecule has 0 aromatic heterocycles. The third kappa shape index (κ3) is 4.57. The Morgan fingerprint density at radius 1 is 1.43 bits per heavy atom.